The first-order valence-electron chi connectivity index (χ1n) is 7.79. The van der Waals surface area contributed by atoms with Gasteiger partial charge in [-0.1, -0.05) is 5.16 Å². The third-order valence-electron chi connectivity index (χ3n) is 3.52. The zero-order chi connectivity index (χ0) is 20.1. The van der Waals surface area contributed by atoms with Crippen LogP contribution < -0.4 is 14.2 Å². The van der Waals surface area contributed by atoms with Crippen LogP contribution in [0.15, 0.2) is 47.0 Å². The van der Waals surface area contributed by atoms with E-state index in [2.05, 4.69) is 14.9 Å². The number of methoxy groups -OCH3 is 1. The van der Waals surface area contributed by atoms with Gasteiger partial charge in [0.15, 0.2) is 18.1 Å². The van der Waals surface area contributed by atoms with E-state index in [1.165, 1.54) is 49.6 Å². The van der Waals surface area contributed by atoms with Crippen LogP contribution in [0.3, 0.4) is 0 Å². The quantitative estimate of drug-likeness (QED) is 0.419. The minimum absolute atomic E-state index is 0.0550. The van der Waals surface area contributed by atoms with Gasteiger partial charge in [-0.15, -0.1) is 0 Å². The largest absolute Gasteiger partial charge is 0.493 e. The molecule has 0 amide bonds. The Hall–Kier alpha value is -3.76. The molecule has 0 atom stereocenters. The summed E-state index contributed by atoms with van der Waals surface area (Å²) in [4.78, 5) is 14.3. The molecule has 0 saturated heterocycles. The maximum Gasteiger partial charge on any atom is 0.387 e. The van der Waals surface area contributed by atoms with Gasteiger partial charge >= 0.3 is 6.61 Å². The second-order valence-electron chi connectivity index (χ2n) is 5.30. The van der Waals surface area contributed by atoms with Gasteiger partial charge in [0.2, 0.25) is 5.82 Å². The van der Waals surface area contributed by atoms with Crippen molar-refractivity contribution < 1.29 is 32.4 Å². The molecular formula is C17H13F2N3O6. The summed E-state index contributed by atoms with van der Waals surface area (Å²) in [5.41, 5.74) is 0.407. The number of aromatic nitrogens is 2. The number of nitro groups is 1. The van der Waals surface area contributed by atoms with Gasteiger partial charge in [-0.2, -0.15) is 13.8 Å². The summed E-state index contributed by atoms with van der Waals surface area (Å²) in [6.45, 7) is -3.04. The zero-order valence-corrected chi connectivity index (χ0v) is 14.4. The number of ether oxygens (including phenoxy) is 3. The molecule has 0 fully saturated rings. The molecule has 0 aliphatic carbocycles. The molecule has 1 aromatic heterocycles. The molecule has 28 heavy (non-hydrogen) atoms. The predicted molar refractivity (Wildman–Crippen MR) is 90.3 cm³/mol. The lowest BCUT2D eigenvalue weighted by Crippen LogP contribution is -2.03. The minimum atomic E-state index is -2.98. The maximum atomic E-state index is 12.4. The van der Waals surface area contributed by atoms with E-state index in [1.54, 1.807) is 0 Å². The van der Waals surface area contributed by atoms with Crippen molar-refractivity contribution in [1.29, 1.82) is 0 Å². The van der Waals surface area contributed by atoms with Crippen molar-refractivity contribution in [2.45, 2.75) is 13.2 Å². The van der Waals surface area contributed by atoms with Crippen LogP contribution in [0.4, 0.5) is 14.5 Å². The fourth-order valence-electron chi connectivity index (χ4n) is 2.24. The summed E-state index contributed by atoms with van der Waals surface area (Å²) in [6.07, 6.45) is 0. The fourth-order valence-corrected chi connectivity index (χ4v) is 2.24. The summed E-state index contributed by atoms with van der Waals surface area (Å²) in [7, 11) is 1.32. The van der Waals surface area contributed by atoms with Crippen molar-refractivity contribution in [3.63, 3.8) is 0 Å². The monoisotopic (exact) mass is 393 g/mol. The molecule has 11 heteroatoms. The topological polar surface area (TPSA) is 110 Å². The molecule has 0 aliphatic rings. The number of hydrogen-bond donors (Lipinski definition) is 0. The van der Waals surface area contributed by atoms with Crippen LogP contribution in [-0.4, -0.2) is 28.8 Å². The Morgan fingerprint density at radius 1 is 1.18 bits per heavy atom. The van der Waals surface area contributed by atoms with E-state index in [9.17, 15) is 18.9 Å². The van der Waals surface area contributed by atoms with E-state index in [4.69, 9.17) is 14.0 Å². The first-order valence-corrected chi connectivity index (χ1v) is 7.79. The highest BCUT2D eigenvalue weighted by Gasteiger charge is 2.15. The van der Waals surface area contributed by atoms with Gasteiger partial charge in [0.05, 0.1) is 12.0 Å². The molecule has 0 N–H and O–H groups in total. The number of alkyl halides is 2. The molecular weight excluding hydrogens is 380 g/mol. The molecule has 3 aromatic rings. The zero-order valence-electron chi connectivity index (χ0n) is 14.4. The van der Waals surface area contributed by atoms with Gasteiger partial charge in [0, 0.05) is 17.7 Å². The smallest absolute Gasteiger partial charge is 0.387 e. The molecule has 0 unspecified atom stereocenters. The summed E-state index contributed by atoms with van der Waals surface area (Å²) in [5, 5.41) is 14.4. The number of rotatable bonds is 8. The van der Waals surface area contributed by atoms with Crippen molar-refractivity contribution in [1.82, 2.24) is 10.1 Å². The molecule has 0 bridgehead atoms. The highest BCUT2D eigenvalue weighted by molar-refractivity contribution is 5.60. The van der Waals surface area contributed by atoms with Gasteiger partial charge in [0.25, 0.3) is 11.6 Å². The molecule has 2 aromatic carbocycles. The average molecular weight is 393 g/mol. The van der Waals surface area contributed by atoms with E-state index in [1.807, 2.05) is 0 Å². The molecule has 0 aliphatic heterocycles. The average Bonchev–Trinajstić information content (AvgIpc) is 3.15. The third-order valence-corrected chi connectivity index (χ3v) is 3.52. The number of nitro benzene ring substituents is 1. The highest BCUT2D eigenvalue weighted by atomic mass is 19.3. The van der Waals surface area contributed by atoms with Gasteiger partial charge in [0.1, 0.15) is 5.75 Å². The van der Waals surface area contributed by atoms with Gasteiger partial charge in [-0.05, 0) is 30.3 Å². The number of benzene rings is 2. The third kappa shape index (κ3) is 4.50. The lowest BCUT2D eigenvalue weighted by molar-refractivity contribution is -0.384. The molecule has 146 valence electrons. The minimum Gasteiger partial charge on any atom is -0.493 e. The molecule has 0 radical (unpaired) electrons. The van der Waals surface area contributed by atoms with E-state index < -0.39 is 11.5 Å². The second-order valence-corrected chi connectivity index (χ2v) is 5.30. The maximum absolute atomic E-state index is 12.4. The Morgan fingerprint density at radius 3 is 2.57 bits per heavy atom. The summed E-state index contributed by atoms with van der Waals surface area (Å²) >= 11 is 0. The highest BCUT2D eigenvalue weighted by Crippen LogP contribution is 2.32. The Morgan fingerprint density at radius 2 is 1.93 bits per heavy atom. The number of non-ortho nitro benzene ring substituents is 1. The Labute approximate surface area is 156 Å². The van der Waals surface area contributed by atoms with Crippen LogP contribution in [-0.2, 0) is 6.61 Å². The molecule has 3 rings (SSSR count). The number of halogens is 2. The molecule has 0 spiro atoms. The van der Waals surface area contributed by atoms with E-state index in [-0.39, 0.29) is 35.5 Å². The second kappa shape index (κ2) is 8.29. The van der Waals surface area contributed by atoms with Gasteiger partial charge in [-0.25, -0.2) is 0 Å². The summed E-state index contributed by atoms with van der Waals surface area (Å²) < 4.78 is 44.7. The van der Waals surface area contributed by atoms with Crippen LogP contribution in [0.5, 0.6) is 17.2 Å². The molecule has 9 nitrogen and oxygen atoms in total. The van der Waals surface area contributed by atoms with Crippen LogP contribution in [0.25, 0.3) is 11.4 Å². The van der Waals surface area contributed by atoms with Gasteiger partial charge < -0.3 is 18.7 Å². The van der Waals surface area contributed by atoms with Crippen LogP contribution in [0, 0.1) is 10.1 Å². The van der Waals surface area contributed by atoms with Crippen LogP contribution >= 0.6 is 0 Å². The van der Waals surface area contributed by atoms with Crippen molar-refractivity contribution in [3.8, 4) is 28.6 Å². The Bertz CT molecular complexity index is 962. The predicted octanol–water partition coefficient (Wildman–Crippen LogP) is 3.83. The first kappa shape index (κ1) is 19.0. The van der Waals surface area contributed by atoms with E-state index in [0.29, 0.717) is 11.3 Å². The number of nitrogens with zero attached hydrogens (tertiary/aromatic N) is 3. The standard InChI is InChI=1S/C17H13F2N3O6/c1-25-14-8-10(2-7-13(14)27-17(18)19)16-20-15(28-21-16)9-26-12-5-3-11(4-6-12)22(23)24/h2-8,17H,9H2,1H3. The lowest BCUT2D eigenvalue weighted by atomic mass is 10.2. The molecule has 1 heterocycles. The van der Waals surface area contributed by atoms with Crippen molar-refractivity contribution in [2.75, 3.05) is 7.11 Å². The van der Waals surface area contributed by atoms with Gasteiger partial charge in [-0.3, -0.25) is 10.1 Å². The van der Waals surface area contributed by atoms with E-state index in [0.717, 1.165) is 0 Å². The van der Waals surface area contributed by atoms with Crippen molar-refractivity contribution in [3.05, 3.63) is 58.5 Å². The Balaban J connectivity index is 1.69. The van der Waals surface area contributed by atoms with Crippen molar-refractivity contribution >= 4 is 5.69 Å². The SMILES string of the molecule is COc1cc(-c2noc(COc3ccc([N+](=O)[O-])cc3)n2)ccc1OC(F)F. The number of hydrogen-bond acceptors (Lipinski definition) is 8. The summed E-state index contributed by atoms with van der Waals surface area (Å²) in [6, 6.07) is 9.73. The lowest BCUT2D eigenvalue weighted by Gasteiger charge is -2.10. The molecule has 0 saturated carbocycles. The summed E-state index contributed by atoms with van der Waals surface area (Å²) in [5.74, 6) is 0.711. The van der Waals surface area contributed by atoms with Crippen LogP contribution in [0.2, 0.25) is 0 Å². The first-order chi connectivity index (χ1) is 13.5. The van der Waals surface area contributed by atoms with Crippen LogP contribution in [0.1, 0.15) is 5.89 Å². The van der Waals surface area contributed by atoms with E-state index >= 15 is 0 Å². The van der Waals surface area contributed by atoms with Crippen molar-refractivity contribution in [2.24, 2.45) is 0 Å². The Kier molecular flexibility index (Phi) is 5.63. The fraction of sp³-hybridized carbons (Fsp3) is 0.176. The normalized spacial score (nSPS) is 10.7.